The first-order valence-electron chi connectivity index (χ1n) is 7.87. The molecule has 1 aliphatic rings. The molecule has 0 spiro atoms. The average molecular weight is 339 g/mol. The van der Waals surface area contributed by atoms with Gasteiger partial charge in [0.05, 0.1) is 0 Å². The Hall–Kier alpha value is -2.02. The fraction of sp³-hybridized carbons (Fsp3) is 0.412. The van der Waals surface area contributed by atoms with Crippen molar-refractivity contribution in [2.75, 3.05) is 6.54 Å². The number of halogens is 4. The second-order valence-corrected chi connectivity index (χ2v) is 5.92. The fourth-order valence-corrected chi connectivity index (χ4v) is 2.88. The van der Waals surface area contributed by atoms with E-state index in [2.05, 4.69) is 9.97 Å². The van der Waals surface area contributed by atoms with Gasteiger partial charge in [0.1, 0.15) is 5.82 Å². The zero-order valence-electron chi connectivity index (χ0n) is 13.3. The number of nitrogens with zero attached hydrogens (tertiary/aromatic N) is 3. The van der Waals surface area contributed by atoms with E-state index in [4.69, 9.17) is 0 Å². The van der Waals surface area contributed by atoms with Gasteiger partial charge in [-0.05, 0) is 6.42 Å². The van der Waals surface area contributed by atoms with E-state index in [-0.39, 0.29) is 12.6 Å². The molecule has 0 amide bonds. The third-order valence-electron chi connectivity index (χ3n) is 4.12. The number of benzene rings is 1. The van der Waals surface area contributed by atoms with E-state index in [1.165, 1.54) is 0 Å². The SMILES string of the molecule is CCCc1ncc2c(n1)CCN(Cc1c(F)c(F)cc(F)c1F)C2. The molecular formula is C17H17F4N3. The quantitative estimate of drug-likeness (QED) is 0.630. The summed E-state index contributed by atoms with van der Waals surface area (Å²) in [5.41, 5.74) is 1.22. The monoisotopic (exact) mass is 339 g/mol. The van der Waals surface area contributed by atoms with Crippen LogP contribution < -0.4 is 0 Å². The summed E-state index contributed by atoms with van der Waals surface area (Å²) in [6, 6.07) is 0.225. The highest BCUT2D eigenvalue weighted by Gasteiger charge is 2.24. The molecule has 0 saturated carbocycles. The number of rotatable bonds is 4. The number of hydrogen-bond donors (Lipinski definition) is 0. The Kier molecular flexibility index (Phi) is 4.80. The van der Waals surface area contributed by atoms with Gasteiger partial charge >= 0.3 is 0 Å². The van der Waals surface area contributed by atoms with Gasteiger partial charge in [-0.3, -0.25) is 4.90 Å². The summed E-state index contributed by atoms with van der Waals surface area (Å²) >= 11 is 0. The lowest BCUT2D eigenvalue weighted by molar-refractivity contribution is 0.232. The smallest absolute Gasteiger partial charge is 0.166 e. The summed E-state index contributed by atoms with van der Waals surface area (Å²) in [6.45, 7) is 2.74. The third kappa shape index (κ3) is 3.26. The van der Waals surface area contributed by atoms with Crippen molar-refractivity contribution in [3.63, 3.8) is 0 Å². The van der Waals surface area contributed by atoms with Gasteiger partial charge in [0.25, 0.3) is 0 Å². The van der Waals surface area contributed by atoms with Crippen LogP contribution in [0.3, 0.4) is 0 Å². The van der Waals surface area contributed by atoms with Crippen LogP contribution in [0.4, 0.5) is 17.6 Å². The molecule has 0 fully saturated rings. The van der Waals surface area contributed by atoms with E-state index < -0.39 is 28.8 Å². The molecule has 2 aromatic rings. The number of aryl methyl sites for hydroxylation is 1. The molecule has 7 heteroatoms. The summed E-state index contributed by atoms with van der Waals surface area (Å²) < 4.78 is 54.2. The molecule has 3 rings (SSSR count). The predicted molar refractivity (Wildman–Crippen MR) is 80.1 cm³/mol. The van der Waals surface area contributed by atoms with Crippen LogP contribution in [0.5, 0.6) is 0 Å². The summed E-state index contributed by atoms with van der Waals surface area (Å²) in [5.74, 6) is -4.65. The third-order valence-corrected chi connectivity index (χ3v) is 4.12. The minimum Gasteiger partial charge on any atom is -0.294 e. The Bertz CT molecular complexity index is 738. The molecule has 0 N–H and O–H groups in total. The maximum Gasteiger partial charge on any atom is 0.166 e. The van der Waals surface area contributed by atoms with Gasteiger partial charge in [0.2, 0.25) is 0 Å². The van der Waals surface area contributed by atoms with Crippen LogP contribution >= 0.6 is 0 Å². The van der Waals surface area contributed by atoms with Gasteiger partial charge in [-0.1, -0.05) is 6.92 Å². The molecule has 128 valence electrons. The van der Waals surface area contributed by atoms with Crippen LogP contribution in [-0.4, -0.2) is 21.4 Å². The van der Waals surface area contributed by atoms with Crippen molar-refractivity contribution in [1.82, 2.24) is 14.9 Å². The van der Waals surface area contributed by atoms with Gasteiger partial charge in [0, 0.05) is 61.6 Å². The molecule has 0 unspecified atom stereocenters. The first-order valence-corrected chi connectivity index (χ1v) is 7.87. The molecule has 0 aliphatic carbocycles. The molecule has 1 aromatic heterocycles. The zero-order chi connectivity index (χ0) is 17.3. The van der Waals surface area contributed by atoms with Gasteiger partial charge in [-0.2, -0.15) is 0 Å². The number of fused-ring (bicyclic) bond motifs is 1. The van der Waals surface area contributed by atoms with E-state index in [9.17, 15) is 17.6 Å². The topological polar surface area (TPSA) is 29.0 Å². The second-order valence-electron chi connectivity index (χ2n) is 5.92. The van der Waals surface area contributed by atoms with Crippen LogP contribution in [0.15, 0.2) is 12.3 Å². The Morgan fingerprint density at radius 1 is 1.12 bits per heavy atom. The average Bonchev–Trinajstić information content (AvgIpc) is 2.57. The lowest BCUT2D eigenvalue weighted by Crippen LogP contribution is -2.32. The van der Waals surface area contributed by atoms with E-state index in [1.54, 1.807) is 11.1 Å². The molecule has 0 bridgehead atoms. The van der Waals surface area contributed by atoms with Gasteiger partial charge in [-0.25, -0.2) is 27.5 Å². The fourth-order valence-electron chi connectivity index (χ4n) is 2.88. The van der Waals surface area contributed by atoms with Crippen molar-refractivity contribution in [3.8, 4) is 0 Å². The van der Waals surface area contributed by atoms with Gasteiger partial charge in [-0.15, -0.1) is 0 Å². The molecule has 24 heavy (non-hydrogen) atoms. The molecular weight excluding hydrogens is 322 g/mol. The first kappa shape index (κ1) is 16.8. The molecule has 1 aromatic carbocycles. The maximum absolute atomic E-state index is 13.8. The van der Waals surface area contributed by atoms with E-state index in [0.29, 0.717) is 19.5 Å². The summed E-state index contributed by atoms with van der Waals surface area (Å²) in [6.07, 6.45) is 4.08. The Morgan fingerprint density at radius 3 is 2.50 bits per heavy atom. The standard InChI is InChI=1S/C17H17F4N3/c1-2-3-15-22-7-10-8-24(5-4-14(10)23-15)9-11-16(20)12(18)6-13(19)17(11)21/h6-7H,2-5,8-9H2,1H3. The summed E-state index contributed by atoms with van der Waals surface area (Å²) in [5, 5.41) is 0. The van der Waals surface area contributed by atoms with Crippen molar-refractivity contribution in [2.24, 2.45) is 0 Å². The summed E-state index contributed by atoms with van der Waals surface area (Å²) in [4.78, 5) is 10.5. The van der Waals surface area contributed by atoms with Crippen molar-refractivity contribution >= 4 is 0 Å². The van der Waals surface area contributed by atoms with Crippen molar-refractivity contribution in [2.45, 2.75) is 39.3 Å². The molecule has 0 saturated heterocycles. The van der Waals surface area contributed by atoms with Gasteiger partial charge < -0.3 is 0 Å². The Labute approximate surface area is 137 Å². The minimum atomic E-state index is -1.38. The largest absolute Gasteiger partial charge is 0.294 e. The van der Waals surface area contributed by atoms with E-state index in [0.717, 1.165) is 29.9 Å². The highest BCUT2D eigenvalue weighted by Crippen LogP contribution is 2.24. The van der Waals surface area contributed by atoms with Crippen molar-refractivity contribution < 1.29 is 17.6 Å². The Morgan fingerprint density at radius 2 is 1.83 bits per heavy atom. The normalized spacial score (nSPS) is 14.7. The van der Waals surface area contributed by atoms with Crippen molar-refractivity contribution in [3.05, 3.63) is 58.2 Å². The lowest BCUT2D eigenvalue weighted by Gasteiger charge is -2.28. The highest BCUT2D eigenvalue weighted by molar-refractivity contribution is 5.24. The van der Waals surface area contributed by atoms with Crippen LogP contribution in [0.25, 0.3) is 0 Å². The Balaban J connectivity index is 1.80. The molecule has 0 atom stereocenters. The molecule has 2 heterocycles. The van der Waals surface area contributed by atoms with E-state index >= 15 is 0 Å². The van der Waals surface area contributed by atoms with Crippen LogP contribution in [0.1, 0.15) is 36.0 Å². The molecule has 0 radical (unpaired) electrons. The van der Waals surface area contributed by atoms with Crippen LogP contribution in [0, 0.1) is 23.3 Å². The number of hydrogen-bond acceptors (Lipinski definition) is 3. The van der Waals surface area contributed by atoms with Gasteiger partial charge in [0.15, 0.2) is 23.3 Å². The van der Waals surface area contributed by atoms with E-state index in [1.807, 2.05) is 6.92 Å². The molecule has 1 aliphatic heterocycles. The van der Waals surface area contributed by atoms with Crippen LogP contribution in [0.2, 0.25) is 0 Å². The number of aromatic nitrogens is 2. The maximum atomic E-state index is 13.8. The predicted octanol–water partition coefficient (Wildman–Crippen LogP) is 3.54. The highest BCUT2D eigenvalue weighted by atomic mass is 19.2. The minimum absolute atomic E-state index is 0.206. The first-order chi connectivity index (χ1) is 11.5. The summed E-state index contributed by atoms with van der Waals surface area (Å²) in [7, 11) is 0. The lowest BCUT2D eigenvalue weighted by atomic mass is 10.1. The second kappa shape index (κ2) is 6.84. The molecule has 3 nitrogen and oxygen atoms in total. The zero-order valence-corrected chi connectivity index (χ0v) is 13.3. The van der Waals surface area contributed by atoms with Crippen LogP contribution in [-0.2, 0) is 25.9 Å². The van der Waals surface area contributed by atoms with Crippen molar-refractivity contribution in [1.29, 1.82) is 0 Å².